The van der Waals surface area contributed by atoms with Crippen LogP contribution in [0.15, 0.2) is 0 Å². The van der Waals surface area contributed by atoms with Crippen LogP contribution in [0.4, 0.5) is 0 Å². The molecule has 52 atom stereocenters. The Labute approximate surface area is 779 Å². The van der Waals surface area contributed by atoms with Gasteiger partial charge in [-0.3, -0.25) is 24.0 Å². The Balaban J connectivity index is 0.908. The van der Waals surface area contributed by atoms with E-state index in [2.05, 4.69) is 26.6 Å². The number of ether oxygens (including phenoxy) is 19. The number of carbonyl (C=O) groups excluding carboxylic acids is 5. The van der Waals surface area contributed by atoms with E-state index >= 15 is 0 Å². The van der Waals surface area contributed by atoms with Crippen molar-refractivity contribution in [3.63, 3.8) is 0 Å². The highest BCUT2D eigenvalue weighted by Crippen LogP contribution is 2.43. The summed E-state index contributed by atoms with van der Waals surface area (Å²) in [6.45, 7) is -7.65. The number of aliphatic hydroxyl groups is 29. The molecule has 10 saturated heterocycles. The highest BCUT2D eigenvalue weighted by atomic mass is 16.8. The lowest BCUT2D eigenvalue weighted by Crippen LogP contribution is -2.70. The lowest BCUT2D eigenvalue weighted by molar-refractivity contribution is -0.398. The smallest absolute Gasteiger partial charge is 0.364 e. The summed E-state index contributed by atoms with van der Waals surface area (Å²) in [7, 11) is 0. The van der Waals surface area contributed by atoms with Gasteiger partial charge in [-0.15, -0.1) is 0 Å². The minimum Gasteiger partial charge on any atom is -0.477 e. The molecule has 0 bridgehead atoms. The minimum absolute atomic E-state index is 0.852. The van der Waals surface area contributed by atoms with Gasteiger partial charge in [-0.25, -0.2) is 9.59 Å². The molecule has 0 saturated carbocycles. The van der Waals surface area contributed by atoms with Gasteiger partial charge in [0, 0.05) is 47.5 Å². The maximum absolute atomic E-state index is 13.2. The second-order valence-electron chi connectivity index (χ2n) is 34.6. The normalized spacial score (nSPS) is 46.2. The third kappa shape index (κ3) is 25.4. The average molecular weight is 2020 g/mol. The molecule has 10 heterocycles. The van der Waals surface area contributed by atoms with Gasteiger partial charge in [0.2, 0.25) is 29.5 Å². The van der Waals surface area contributed by atoms with Crippen molar-refractivity contribution in [1.29, 1.82) is 0 Å². The molecule has 10 rings (SSSR count). The van der Waals surface area contributed by atoms with Crippen LogP contribution in [-0.2, 0) is 124 Å². The summed E-state index contributed by atoms with van der Waals surface area (Å²) in [5.74, 6) is -15.0. The zero-order valence-electron chi connectivity index (χ0n) is 73.8. The van der Waals surface area contributed by atoms with E-state index in [0.29, 0.717) is 0 Å². The Morgan fingerprint density at radius 2 is 0.587 bits per heavy atom. The molecule has 36 N–H and O–H groups in total. The maximum atomic E-state index is 13.2. The number of nitrogens with one attached hydrogen (secondary N) is 5. The zero-order valence-corrected chi connectivity index (χ0v) is 73.8. The second kappa shape index (κ2) is 49.0. The highest BCUT2D eigenvalue weighted by Gasteiger charge is 2.64. The second-order valence-corrected chi connectivity index (χ2v) is 34.6. The first kappa shape index (κ1) is 114. The number of carboxylic acids is 2. The monoisotopic (exact) mass is 2020 g/mol. The van der Waals surface area contributed by atoms with E-state index in [1.54, 1.807) is 0 Å². The minimum atomic E-state index is -3.11. The molecule has 10 aliphatic heterocycles. The van der Waals surface area contributed by atoms with Crippen molar-refractivity contribution >= 4 is 41.5 Å². The van der Waals surface area contributed by atoms with Crippen molar-refractivity contribution in [2.24, 2.45) is 0 Å². The van der Waals surface area contributed by atoms with Gasteiger partial charge in [0.25, 0.3) is 11.6 Å². The largest absolute Gasteiger partial charge is 0.477 e. The van der Waals surface area contributed by atoms with Gasteiger partial charge in [-0.2, -0.15) is 0 Å². The predicted octanol–water partition coefficient (Wildman–Crippen LogP) is -23.7. The van der Waals surface area contributed by atoms with Crippen molar-refractivity contribution in [3.05, 3.63) is 0 Å². The summed E-state index contributed by atoms with van der Waals surface area (Å²) in [6, 6.07) is -9.40. The lowest BCUT2D eigenvalue weighted by atomic mass is 9.88. The molecule has 0 radical (unpaired) electrons. The summed E-state index contributed by atoms with van der Waals surface area (Å²) < 4.78 is 112. The van der Waals surface area contributed by atoms with Gasteiger partial charge in [0.15, 0.2) is 50.3 Å². The molecular formula is C76H125N5O57. The third-order valence-corrected chi connectivity index (χ3v) is 24.8. The maximum Gasteiger partial charge on any atom is 0.364 e. The number of hydrogen-bond donors (Lipinski definition) is 36. The summed E-state index contributed by atoms with van der Waals surface area (Å²) >= 11 is 0. The van der Waals surface area contributed by atoms with Gasteiger partial charge in [-0.05, 0) is 0 Å². The van der Waals surface area contributed by atoms with E-state index in [-0.39, 0.29) is 0 Å². The number of carbonyl (C=O) groups is 7. The first-order chi connectivity index (χ1) is 64.9. The Kier molecular flexibility index (Phi) is 40.6. The molecule has 796 valence electrons. The van der Waals surface area contributed by atoms with Gasteiger partial charge < -0.3 is 275 Å². The van der Waals surface area contributed by atoms with Crippen molar-refractivity contribution in [3.8, 4) is 0 Å². The molecule has 48 unspecified atom stereocenters. The first-order valence-corrected chi connectivity index (χ1v) is 43.4. The molecule has 10 aliphatic rings. The molecule has 62 heteroatoms. The lowest BCUT2D eigenvalue weighted by Gasteiger charge is -2.51. The molecule has 0 aromatic heterocycles. The van der Waals surface area contributed by atoms with Crippen LogP contribution in [0.1, 0.15) is 47.5 Å². The van der Waals surface area contributed by atoms with Crippen LogP contribution in [-0.4, -0.2) is 584 Å². The molecule has 0 spiro atoms. The van der Waals surface area contributed by atoms with Crippen molar-refractivity contribution in [2.75, 3.05) is 66.1 Å². The molecule has 138 heavy (non-hydrogen) atoms. The number of hydrogen-bond acceptors (Lipinski definition) is 55. The van der Waals surface area contributed by atoms with Crippen LogP contribution in [0.25, 0.3) is 0 Å². The van der Waals surface area contributed by atoms with E-state index in [1.807, 2.05) is 0 Å². The zero-order chi connectivity index (χ0) is 102. The van der Waals surface area contributed by atoms with Crippen LogP contribution in [0.2, 0.25) is 0 Å². The summed E-state index contributed by atoms with van der Waals surface area (Å²) in [6.07, 6.45) is -103. The van der Waals surface area contributed by atoms with Gasteiger partial charge >= 0.3 is 11.9 Å². The standard InChI is InChI=1S/C76H125N5O57/c1-18(89)77-35-23(94)6-75(73(116)117,137-60(35)40(98)25(96)8-82)121-16-33-44(102)50(108)54(112)68(129-33)131-58-30(13-87)126-66(38(48(58)106)80-21(4)92)135-63-52(110)42(100)27(10-84)124-71(63)120-15-32-46(104)62(56(114)70(128-32)133-57-29(12-86)123-65(115)37(47(57)105)79-20(3)91)134-72-64(53(111)43(101)28(11-85)125-72)136-67-39(81-22(5)93)49(107)59(31(14-88)127-67)132-69-55(113)51(109)45(103)34(130-69)17-122-76(74(118)119)7-24(95)36(78-19(2)90)61(138-76)41(99)26(97)9-83/h23-72,82-88,94-115H,6-17H2,1-5H3,(H,77,89)(H,78,90)(H,79,91)(H,80,92)(H,81,93)(H,116,117)(H,118,119)/t23?,24?,25-,26-,27?,28?,29?,30?,31?,32?,33?,34?,35?,36?,37?,38?,39?,40-,41-,42?,43?,44?,45?,46?,47?,48?,49?,50?,51?,52?,53?,54?,55?,56?,57?,58?,59?,60?,61?,62?,63?,64?,65?,66?,67?,68?,69?,70?,71?,72?,75?,76?/m0/s1. The van der Waals surface area contributed by atoms with E-state index in [4.69, 9.17) is 90.0 Å². The third-order valence-electron chi connectivity index (χ3n) is 24.8. The van der Waals surface area contributed by atoms with Crippen LogP contribution < -0.4 is 26.6 Å². The Morgan fingerprint density at radius 1 is 0.297 bits per heavy atom. The number of carboxylic acid groups (broad SMARTS) is 2. The van der Waals surface area contributed by atoms with E-state index in [0.717, 1.165) is 34.6 Å². The van der Waals surface area contributed by atoms with Crippen LogP contribution >= 0.6 is 0 Å². The molecule has 0 aromatic carbocycles. The topological polar surface area (TPSA) is 982 Å². The molecule has 0 aromatic rings. The highest BCUT2D eigenvalue weighted by molar-refractivity contribution is 5.78. The molecule has 62 nitrogen and oxygen atoms in total. The molecular weight excluding hydrogens is 1890 g/mol. The Hall–Kier alpha value is -5.63. The SMILES string of the molecule is CC(=O)NC1C(O)OC(CO)C(OC2OC(COC3OC(CO)C(O)C(O)C3OC3OC(CO)C(OC4OC(COC5(C(=O)O)CC(O)C(NC(C)=O)C([C@@H](O)[C@@H](O)CO)O5)C(O)C(O)C4O)C(O)C3NC(C)=O)C(O)C(OC3OC(CO)C(O)C(O)C3OC3OC(CO)C(OC4OC(COC5(C(=O)O)CC(O)C(NC(C)=O)C([C@@H](O)[C@@H](O)CO)O5)C(O)C(O)C4O)C(O)C3NC(C)=O)C2O)C1O. The van der Waals surface area contributed by atoms with Crippen molar-refractivity contribution in [2.45, 2.75) is 365 Å². The summed E-state index contributed by atoms with van der Waals surface area (Å²) in [4.78, 5) is 89.1. The number of aliphatic hydroxyl groups excluding tert-OH is 29. The quantitative estimate of drug-likeness (QED) is 0.0272. The Bertz CT molecular complexity index is 3930. The fraction of sp³-hybridized carbons (Fsp3) is 0.908. The average Bonchev–Trinajstić information content (AvgIpc) is 0.766. The summed E-state index contributed by atoms with van der Waals surface area (Å²) in [5, 5.41) is 357. The van der Waals surface area contributed by atoms with E-state index < -0.39 is 438 Å². The van der Waals surface area contributed by atoms with Gasteiger partial charge in [0.1, 0.15) is 232 Å². The fourth-order valence-corrected chi connectivity index (χ4v) is 17.5. The van der Waals surface area contributed by atoms with Crippen LogP contribution in [0.3, 0.4) is 0 Å². The van der Waals surface area contributed by atoms with Crippen molar-refractivity contribution in [1.82, 2.24) is 26.6 Å². The molecule has 10 fully saturated rings. The van der Waals surface area contributed by atoms with Crippen molar-refractivity contribution < 1.29 is 282 Å². The van der Waals surface area contributed by atoms with Gasteiger partial charge in [0.05, 0.1) is 90.4 Å². The van der Waals surface area contributed by atoms with Crippen LogP contribution in [0, 0.1) is 0 Å². The first-order valence-electron chi connectivity index (χ1n) is 43.4. The number of rotatable bonds is 39. The predicted molar refractivity (Wildman–Crippen MR) is 422 cm³/mol. The van der Waals surface area contributed by atoms with E-state index in [1.165, 1.54) is 0 Å². The molecule has 0 aliphatic carbocycles. The van der Waals surface area contributed by atoms with Crippen LogP contribution in [0.5, 0.6) is 0 Å². The Morgan fingerprint density at radius 3 is 0.942 bits per heavy atom. The van der Waals surface area contributed by atoms with E-state index in [9.17, 15) is 192 Å². The number of amides is 5. The van der Waals surface area contributed by atoms with Gasteiger partial charge in [-0.1, -0.05) is 0 Å². The molecule has 5 amide bonds. The number of aliphatic carboxylic acids is 2. The fourth-order valence-electron chi connectivity index (χ4n) is 17.5. The summed E-state index contributed by atoms with van der Waals surface area (Å²) in [5.41, 5.74) is 0.